The molecule has 3 heterocycles. The minimum Gasteiger partial charge on any atom is -0.483 e. The lowest BCUT2D eigenvalue weighted by molar-refractivity contribution is -0.124. The molecule has 0 radical (unpaired) electrons. The molecule has 6 heteroatoms. The highest BCUT2D eigenvalue weighted by atomic mass is 32.1. The molecule has 28 heavy (non-hydrogen) atoms. The van der Waals surface area contributed by atoms with Gasteiger partial charge < -0.3 is 10.1 Å². The summed E-state index contributed by atoms with van der Waals surface area (Å²) in [5.41, 5.74) is 4.29. The van der Waals surface area contributed by atoms with Gasteiger partial charge in [-0.3, -0.25) is 9.69 Å². The molecule has 2 aliphatic rings. The lowest BCUT2D eigenvalue weighted by atomic mass is 9.87. The van der Waals surface area contributed by atoms with E-state index in [0.29, 0.717) is 5.92 Å². The van der Waals surface area contributed by atoms with E-state index in [-0.39, 0.29) is 18.6 Å². The van der Waals surface area contributed by atoms with Crippen molar-refractivity contribution in [2.24, 2.45) is 5.92 Å². The smallest absolute Gasteiger partial charge is 0.258 e. The molecular formula is C22H29N3O2S. The molecule has 0 saturated carbocycles. The number of thiazole rings is 1. The Morgan fingerprint density at radius 2 is 2.18 bits per heavy atom. The van der Waals surface area contributed by atoms with E-state index in [4.69, 9.17) is 4.74 Å². The van der Waals surface area contributed by atoms with Crippen molar-refractivity contribution in [3.8, 4) is 5.75 Å². The zero-order valence-electron chi connectivity index (χ0n) is 16.5. The van der Waals surface area contributed by atoms with E-state index in [2.05, 4.69) is 28.2 Å². The van der Waals surface area contributed by atoms with Gasteiger partial charge >= 0.3 is 0 Å². The Kier molecular flexibility index (Phi) is 6.27. The Bertz CT molecular complexity index is 807. The molecule has 0 bridgehead atoms. The van der Waals surface area contributed by atoms with Gasteiger partial charge in [0.2, 0.25) is 0 Å². The summed E-state index contributed by atoms with van der Waals surface area (Å²) in [4.78, 5) is 20.8. The van der Waals surface area contributed by atoms with Crippen molar-refractivity contribution in [3.63, 3.8) is 0 Å². The molecule has 1 fully saturated rings. The Morgan fingerprint density at radius 3 is 3.04 bits per heavy atom. The molecule has 1 aromatic carbocycles. The molecule has 4 rings (SSSR count). The van der Waals surface area contributed by atoms with Crippen LogP contribution in [0.5, 0.6) is 5.75 Å². The molecule has 1 saturated heterocycles. The summed E-state index contributed by atoms with van der Waals surface area (Å²) in [6.45, 7) is 5.23. The Balaban J connectivity index is 1.42. The fourth-order valence-corrected chi connectivity index (χ4v) is 5.20. The Morgan fingerprint density at radius 1 is 1.29 bits per heavy atom. The number of likely N-dealkylation sites (tertiary alicyclic amines) is 1. The fourth-order valence-electron chi connectivity index (χ4n) is 4.38. The Hall–Kier alpha value is -1.92. The number of amides is 1. The van der Waals surface area contributed by atoms with E-state index in [1.807, 2.05) is 23.7 Å². The number of carbonyl (C=O) groups excluding carboxylic acids is 1. The van der Waals surface area contributed by atoms with Crippen molar-refractivity contribution in [2.45, 2.75) is 51.6 Å². The van der Waals surface area contributed by atoms with Crippen LogP contribution in [-0.2, 0) is 17.8 Å². The highest BCUT2D eigenvalue weighted by molar-refractivity contribution is 7.09. The summed E-state index contributed by atoms with van der Waals surface area (Å²) < 4.78 is 5.83. The van der Waals surface area contributed by atoms with Crippen LogP contribution in [0, 0.1) is 12.8 Å². The van der Waals surface area contributed by atoms with Crippen LogP contribution < -0.4 is 10.1 Å². The zero-order valence-corrected chi connectivity index (χ0v) is 17.3. The standard InChI is InChI=1S/C22H29N3O2S/c1-16-21(28-15-23-16)13-25-11-10-19-18(12-25)8-3-2-6-17-7-4-5-9-20(17)27-14-22(26)24-19/h4-5,7,9,15,18-19H,2-3,6,8,10-14H2,1H3,(H,24,26)/t18-,19+/m0/s1. The Labute approximate surface area is 171 Å². The monoisotopic (exact) mass is 399 g/mol. The summed E-state index contributed by atoms with van der Waals surface area (Å²) in [7, 11) is 0. The van der Waals surface area contributed by atoms with E-state index in [1.165, 1.54) is 16.9 Å². The summed E-state index contributed by atoms with van der Waals surface area (Å²) >= 11 is 1.75. The number of ether oxygens (including phenoxy) is 1. The van der Waals surface area contributed by atoms with Gasteiger partial charge in [-0.25, -0.2) is 4.98 Å². The van der Waals surface area contributed by atoms with Gasteiger partial charge in [0.05, 0.1) is 11.2 Å². The largest absolute Gasteiger partial charge is 0.483 e. The number of hydrogen-bond acceptors (Lipinski definition) is 5. The molecule has 0 unspecified atom stereocenters. The molecule has 2 aromatic rings. The maximum absolute atomic E-state index is 12.5. The molecule has 2 atom stereocenters. The van der Waals surface area contributed by atoms with Crippen molar-refractivity contribution in [1.29, 1.82) is 0 Å². The summed E-state index contributed by atoms with van der Waals surface area (Å²) in [6, 6.07) is 8.35. The molecule has 5 nitrogen and oxygen atoms in total. The van der Waals surface area contributed by atoms with Gasteiger partial charge in [0, 0.05) is 30.6 Å². The van der Waals surface area contributed by atoms with Crippen LogP contribution in [0.3, 0.4) is 0 Å². The number of fused-ring (bicyclic) bond motifs is 2. The van der Waals surface area contributed by atoms with Crippen molar-refractivity contribution in [1.82, 2.24) is 15.2 Å². The maximum atomic E-state index is 12.5. The van der Waals surface area contributed by atoms with Crippen LogP contribution >= 0.6 is 11.3 Å². The van der Waals surface area contributed by atoms with Crippen LogP contribution in [0.15, 0.2) is 29.8 Å². The zero-order chi connectivity index (χ0) is 19.3. The lowest BCUT2D eigenvalue weighted by Gasteiger charge is -2.39. The first kappa shape index (κ1) is 19.4. The minimum absolute atomic E-state index is 0.00266. The molecule has 150 valence electrons. The van der Waals surface area contributed by atoms with Gasteiger partial charge in [-0.05, 0) is 50.2 Å². The molecule has 1 N–H and O–H groups in total. The summed E-state index contributed by atoms with van der Waals surface area (Å²) in [5.74, 6) is 1.35. The molecule has 0 aliphatic carbocycles. The minimum atomic E-state index is -0.00266. The number of para-hydroxylation sites is 1. The highest BCUT2D eigenvalue weighted by Crippen LogP contribution is 2.27. The van der Waals surface area contributed by atoms with Gasteiger partial charge in [0.25, 0.3) is 5.91 Å². The number of aryl methyl sites for hydroxylation is 2. The number of nitrogens with one attached hydrogen (secondary N) is 1. The lowest BCUT2D eigenvalue weighted by Crippen LogP contribution is -2.51. The predicted octanol–water partition coefficient (Wildman–Crippen LogP) is 3.56. The third-order valence-corrected chi connectivity index (χ3v) is 6.90. The predicted molar refractivity (Wildman–Crippen MR) is 112 cm³/mol. The van der Waals surface area contributed by atoms with Crippen molar-refractivity contribution in [3.05, 3.63) is 45.9 Å². The second kappa shape index (κ2) is 9.05. The van der Waals surface area contributed by atoms with E-state index >= 15 is 0 Å². The average molecular weight is 400 g/mol. The molecule has 1 aromatic heterocycles. The third-order valence-electron chi connectivity index (χ3n) is 5.98. The number of nitrogens with zero attached hydrogens (tertiary/aromatic N) is 2. The van der Waals surface area contributed by atoms with Crippen LogP contribution in [-0.4, -0.2) is 41.5 Å². The first-order chi connectivity index (χ1) is 13.7. The number of benzene rings is 1. The number of rotatable bonds is 2. The van der Waals surface area contributed by atoms with E-state index in [1.54, 1.807) is 11.3 Å². The topological polar surface area (TPSA) is 54.5 Å². The third kappa shape index (κ3) is 4.73. The summed E-state index contributed by atoms with van der Waals surface area (Å²) in [6.07, 6.45) is 5.51. The van der Waals surface area contributed by atoms with Crippen molar-refractivity contribution >= 4 is 17.2 Å². The molecule has 2 aliphatic heterocycles. The molecule has 0 spiro atoms. The van der Waals surface area contributed by atoms with Gasteiger partial charge in [-0.1, -0.05) is 24.6 Å². The van der Waals surface area contributed by atoms with E-state index in [9.17, 15) is 4.79 Å². The van der Waals surface area contributed by atoms with Crippen LogP contribution in [0.4, 0.5) is 0 Å². The van der Waals surface area contributed by atoms with Crippen LogP contribution in [0.2, 0.25) is 0 Å². The first-order valence-corrected chi connectivity index (χ1v) is 11.2. The van der Waals surface area contributed by atoms with Gasteiger partial charge in [0.15, 0.2) is 6.61 Å². The summed E-state index contributed by atoms with van der Waals surface area (Å²) in [5, 5.41) is 3.26. The second-order valence-electron chi connectivity index (χ2n) is 7.96. The average Bonchev–Trinajstić information content (AvgIpc) is 3.09. The van der Waals surface area contributed by atoms with E-state index < -0.39 is 0 Å². The van der Waals surface area contributed by atoms with Crippen LogP contribution in [0.25, 0.3) is 0 Å². The van der Waals surface area contributed by atoms with Gasteiger partial charge in [-0.15, -0.1) is 11.3 Å². The highest BCUT2D eigenvalue weighted by Gasteiger charge is 2.30. The quantitative estimate of drug-likeness (QED) is 0.839. The van der Waals surface area contributed by atoms with E-state index in [0.717, 1.165) is 56.8 Å². The van der Waals surface area contributed by atoms with Crippen molar-refractivity contribution in [2.75, 3.05) is 19.7 Å². The van der Waals surface area contributed by atoms with Gasteiger partial charge in [0.1, 0.15) is 5.75 Å². The second-order valence-corrected chi connectivity index (χ2v) is 8.90. The first-order valence-electron chi connectivity index (χ1n) is 10.3. The maximum Gasteiger partial charge on any atom is 0.258 e. The number of piperidine rings is 1. The SMILES string of the molecule is Cc1ncsc1CN1CC[C@H]2NC(=O)COc3ccccc3CCCC[C@H]2C1. The number of carbonyl (C=O) groups is 1. The van der Waals surface area contributed by atoms with Gasteiger partial charge in [-0.2, -0.15) is 0 Å². The number of aromatic nitrogens is 1. The normalized spacial score (nSPS) is 24.1. The molecule has 1 amide bonds. The van der Waals surface area contributed by atoms with Crippen LogP contribution in [0.1, 0.15) is 41.8 Å². The van der Waals surface area contributed by atoms with Crippen molar-refractivity contribution < 1.29 is 9.53 Å². The number of hydrogen-bond donors (Lipinski definition) is 1. The fraction of sp³-hybridized carbons (Fsp3) is 0.545. The molecular weight excluding hydrogens is 370 g/mol.